The van der Waals surface area contributed by atoms with E-state index >= 15 is 0 Å². The molecule has 2 aliphatic rings. The average Bonchev–Trinajstić information content (AvgIpc) is 3.19. The summed E-state index contributed by atoms with van der Waals surface area (Å²) in [5.74, 6) is -5.10. The van der Waals surface area contributed by atoms with Crippen molar-refractivity contribution in [2.45, 2.75) is 95.5 Å². The molecule has 2 aliphatic heterocycles. The van der Waals surface area contributed by atoms with Gasteiger partial charge in [-0.1, -0.05) is 64.7 Å². The normalized spacial score (nSPS) is 21.8. The number of amides is 3. The molecule has 3 amide bonds. The van der Waals surface area contributed by atoms with Crippen LogP contribution in [0, 0.1) is 0 Å². The van der Waals surface area contributed by atoms with E-state index in [4.69, 9.17) is 14.6 Å². The van der Waals surface area contributed by atoms with Crippen molar-refractivity contribution in [1.82, 2.24) is 20.5 Å². The fourth-order valence-corrected chi connectivity index (χ4v) is 4.62. The fraction of sp³-hybridized carbons (Fsp3) is 0.643. The third-order valence-electron chi connectivity index (χ3n) is 7.05. The summed E-state index contributed by atoms with van der Waals surface area (Å²) in [6.45, 7) is 1.31. The second-order valence-corrected chi connectivity index (χ2v) is 10.2. The number of esters is 1. The Morgan fingerprint density at radius 3 is 2.37 bits per heavy atom. The first-order valence-electron chi connectivity index (χ1n) is 14.2. The summed E-state index contributed by atoms with van der Waals surface area (Å²) >= 11 is 0. The van der Waals surface area contributed by atoms with Crippen LogP contribution in [0.3, 0.4) is 0 Å². The van der Waals surface area contributed by atoms with Crippen LogP contribution in [0.4, 0.5) is 13.6 Å². The van der Waals surface area contributed by atoms with E-state index in [9.17, 15) is 28.3 Å². The van der Waals surface area contributed by atoms with Gasteiger partial charge in [-0.15, -0.1) is 0 Å². The number of aliphatic hydroxyl groups excluding tert-OH is 2. The van der Waals surface area contributed by atoms with E-state index in [0.717, 1.165) is 19.3 Å². The molecular formula is C28H40F2N4O7. The monoisotopic (exact) mass is 582 g/mol. The summed E-state index contributed by atoms with van der Waals surface area (Å²) in [5.41, 5.74) is 0.142. The number of carbonyl (C=O) groups is 3. The summed E-state index contributed by atoms with van der Waals surface area (Å²) < 4.78 is 39.0. The predicted molar refractivity (Wildman–Crippen MR) is 144 cm³/mol. The molecule has 11 nitrogen and oxygen atoms in total. The van der Waals surface area contributed by atoms with Crippen LogP contribution in [0.25, 0.3) is 0 Å². The third kappa shape index (κ3) is 8.91. The number of hydrogen-bond acceptors (Lipinski definition) is 8. The van der Waals surface area contributed by atoms with Crippen LogP contribution in [-0.4, -0.2) is 82.1 Å². The lowest BCUT2D eigenvalue weighted by Crippen LogP contribution is -2.57. The Kier molecular flexibility index (Phi) is 12.4. The molecule has 0 saturated carbocycles. The standard InChI is InChI=1S/C28H40F2N4O7/c1-2-3-4-5-6-7-8-9-10-11-16-40-25(38)19-12-13-20(31-17-19)24(37)32-22-14-15-34(27(39)33-22)26-28(29,30)23(36)21(18-35)41-26/h12-14,17,21,23,26,35-36H,2-11,15-16,18H2,1H3,(H,32,37)(H,33,39)/t21-,23-,26-/m1/s1. The van der Waals surface area contributed by atoms with E-state index in [1.54, 1.807) is 0 Å². The summed E-state index contributed by atoms with van der Waals surface area (Å²) in [6, 6.07) is 1.74. The minimum absolute atomic E-state index is 0.0478. The smallest absolute Gasteiger partial charge is 0.339 e. The number of pyridine rings is 1. The SMILES string of the molecule is CCCCCCCCCCCCOC(=O)c1ccc(C(=O)NC2=CCN([C@@H]3O[C@H](CO)[C@@H](O)C3(F)F)C(=O)N2)nc1. The van der Waals surface area contributed by atoms with E-state index in [1.807, 2.05) is 0 Å². The number of nitrogens with zero attached hydrogens (tertiary/aromatic N) is 2. The van der Waals surface area contributed by atoms with Gasteiger partial charge in [0.25, 0.3) is 5.91 Å². The zero-order chi connectivity index (χ0) is 29.8. The first kappa shape index (κ1) is 32.4. The number of alkyl halides is 2. The number of nitrogens with one attached hydrogen (secondary N) is 2. The first-order chi connectivity index (χ1) is 19.7. The zero-order valence-corrected chi connectivity index (χ0v) is 23.3. The van der Waals surface area contributed by atoms with Gasteiger partial charge in [0.05, 0.1) is 18.8 Å². The minimum Gasteiger partial charge on any atom is -0.462 e. The van der Waals surface area contributed by atoms with Gasteiger partial charge in [-0.3, -0.25) is 20.0 Å². The van der Waals surface area contributed by atoms with Gasteiger partial charge in [-0.25, -0.2) is 9.59 Å². The molecule has 0 bridgehead atoms. The Balaban J connectivity index is 1.38. The molecule has 3 heterocycles. The number of hydrogen-bond donors (Lipinski definition) is 4. The molecule has 1 saturated heterocycles. The van der Waals surface area contributed by atoms with Gasteiger partial charge in [0.2, 0.25) is 6.23 Å². The van der Waals surface area contributed by atoms with Crippen LogP contribution in [0.2, 0.25) is 0 Å². The molecule has 13 heteroatoms. The Morgan fingerprint density at radius 2 is 1.80 bits per heavy atom. The molecule has 228 valence electrons. The third-order valence-corrected chi connectivity index (χ3v) is 7.05. The summed E-state index contributed by atoms with van der Waals surface area (Å²) in [4.78, 5) is 41.9. The highest BCUT2D eigenvalue weighted by atomic mass is 19.3. The Morgan fingerprint density at radius 1 is 1.15 bits per heavy atom. The van der Waals surface area contributed by atoms with Crippen molar-refractivity contribution in [2.24, 2.45) is 0 Å². The summed E-state index contributed by atoms with van der Waals surface area (Å²) in [5, 5.41) is 23.5. The van der Waals surface area contributed by atoms with Crippen LogP contribution in [0.1, 0.15) is 92.0 Å². The second kappa shape index (κ2) is 15.7. The molecular weight excluding hydrogens is 542 g/mol. The van der Waals surface area contributed by atoms with Crippen molar-refractivity contribution in [3.8, 4) is 0 Å². The van der Waals surface area contributed by atoms with Crippen LogP contribution in [0.5, 0.6) is 0 Å². The Labute approximate surface area is 238 Å². The van der Waals surface area contributed by atoms with Crippen LogP contribution >= 0.6 is 0 Å². The van der Waals surface area contributed by atoms with Crippen molar-refractivity contribution in [2.75, 3.05) is 19.8 Å². The van der Waals surface area contributed by atoms with E-state index < -0.39 is 48.9 Å². The number of halogens is 2. The molecule has 3 atom stereocenters. The van der Waals surface area contributed by atoms with Crippen molar-refractivity contribution >= 4 is 17.9 Å². The topological polar surface area (TPSA) is 150 Å². The number of unbranched alkanes of at least 4 members (excludes halogenated alkanes) is 9. The number of urea groups is 1. The van der Waals surface area contributed by atoms with Gasteiger partial charge in [-0.2, -0.15) is 8.78 Å². The molecule has 1 aromatic heterocycles. The molecule has 0 spiro atoms. The minimum atomic E-state index is -3.81. The molecule has 0 aliphatic carbocycles. The lowest BCUT2D eigenvalue weighted by atomic mass is 10.1. The Bertz CT molecular complexity index is 1050. The van der Waals surface area contributed by atoms with Crippen molar-refractivity contribution in [1.29, 1.82) is 0 Å². The second-order valence-electron chi connectivity index (χ2n) is 10.2. The quantitative estimate of drug-likeness (QED) is 0.171. The molecule has 0 unspecified atom stereocenters. The number of carbonyl (C=O) groups excluding carboxylic acids is 3. The van der Waals surface area contributed by atoms with Gasteiger partial charge in [0.15, 0.2) is 6.10 Å². The van der Waals surface area contributed by atoms with Gasteiger partial charge in [0, 0.05) is 12.7 Å². The van der Waals surface area contributed by atoms with Crippen LogP contribution < -0.4 is 10.6 Å². The highest BCUT2D eigenvalue weighted by Gasteiger charge is 2.61. The van der Waals surface area contributed by atoms with E-state index in [1.165, 1.54) is 69.4 Å². The van der Waals surface area contributed by atoms with Gasteiger partial charge < -0.3 is 25.0 Å². The number of rotatable bonds is 16. The van der Waals surface area contributed by atoms with E-state index in [0.29, 0.717) is 11.5 Å². The van der Waals surface area contributed by atoms with Crippen molar-refractivity contribution in [3.05, 3.63) is 41.5 Å². The zero-order valence-electron chi connectivity index (χ0n) is 23.3. The van der Waals surface area contributed by atoms with E-state index in [-0.39, 0.29) is 23.6 Å². The highest BCUT2D eigenvalue weighted by molar-refractivity contribution is 5.95. The lowest BCUT2D eigenvalue weighted by molar-refractivity contribution is -0.152. The first-order valence-corrected chi connectivity index (χ1v) is 14.2. The lowest BCUT2D eigenvalue weighted by Gasteiger charge is -2.34. The van der Waals surface area contributed by atoms with Gasteiger partial charge in [0.1, 0.15) is 17.6 Å². The number of ether oxygens (including phenoxy) is 2. The number of aromatic nitrogens is 1. The highest BCUT2D eigenvalue weighted by Crippen LogP contribution is 2.38. The summed E-state index contributed by atoms with van der Waals surface area (Å²) in [7, 11) is 0. The molecule has 41 heavy (non-hydrogen) atoms. The molecule has 4 N–H and O–H groups in total. The number of aliphatic hydroxyl groups is 2. The summed E-state index contributed by atoms with van der Waals surface area (Å²) in [6.07, 6.45) is 8.32. The van der Waals surface area contributed by atoms with Crippen molar-refractivity contribution < 1.29 is 42.9 Å². The maximum atomic E-state index is 14.4. The maximum absolute atomic E-state index is 14.4. The largest absolute Gasteiger partial charge is 0.462 e. The van der Waals surface area contributed by atoms with Crippen LogP contribution in [0.15, 0.2) is 30.2 Å². The molecule has 0 aromatic carbocycles. The van der Waals surface area contributed by atoms with Crippen LogP contribution in [-0.2, 0) is 9.47 Å². The molecule has 1 fully saturated rings. The molecule has 3 rings (SSSR count). The maximum Gasteiger partial charge on any atom is 0.339 e. The molecule has 1 aromatic rings. The predicted octanol–water partition coefficient (Wildman–Crippen LogP) is 3.47. The van der Waals surface area contributed by atoms with Gasteiger partial charge >= 0.3 is 17.9 Å². The van der Waals surface area contributed by atoms with E-state index in [2.05, 4.69) is 22.5 Å². The van der Waals surface area contributed by atoms with Crippen molar-refractivity contribution in [3.63, 3.8) is 0 Å². The molecule has 0 radical (unpaired) electrons. The van der Waals surface area contributed by atoms with Gasteiger partial charge in [-0.05, 0) is 24.6 Å². The average molecular weight is 583 g/mol. The Hall–Kier alpha value is -3.16. The fourth-order valence-electron chi connectivity index (χ4n) is 4.62.